The van der Waals surface area contributed by atoms with E-state index in [0.29, 0.717) is 19.7 Å². The monoisotopic (exact) mass is 356 g/mol. The van der Waals surface area contributed by atoms with E-state index in [0.717, 1.165) is 28.6 Å². The third-order valence-corrected chi connectivity index (χ3v) is 5.03. The van der Waals surface area contributed by atoms with Crippen LogP contribution in [-0.4, -0.2) is 61.7 Å². The van der Waals surface area contributed by atoms with Crippen molar-refractivity contribution in [1.29, 1.82) is 0 Å². The highest BCUT2D eigenvalue weighted by Crippen LogP contribution is 2.22. The summed E-state index contributed by atoms with van der Waals surface area (Å²) in [5.41, 5.74) is 1.13. The van der Waals surface area contributed by atoms with Crippen molar-refractivity contribution in [2.24, 2.45) is 0 Å². The number of carbonyl (C=O) groups excluding carboxylic acids is 1. The highest BCUT2D eigenvalue weighted by atomic mass is 16.5. The van der Waals surface area contributed by atoms with E-state index in [-0.39, 0.29) is 18.1 Å². The van der Waals surface area contributed by atoms with Gasteiger partial charge in [-0.25, -0.2) is 0 Å². The Kier molecular flexibility index (Phi) is 5.79. The maximum atomic E-state index is 12.6. The zero-order chi connectivity index (χ0) is 18.7. The minimum Gasteiger partial charge on any atom is -0.497 e. The average Bonchev–Trinajstić information content (AvgIpc) is 2.64. The van der Waals surface area contributed by atoms with E-state index in [4.69, 9.17) is 9.47 Å². The molecule has 2 unspecified atom stereocenters. The number of ether oxygens (including phenoxy) is 2. The molecule has 1 aliphatic rings. The molecule has 140 valence electrons. The van der Waals surface area contributed by atoms with Gasteiger partial charge in [-0.05, 0) is 48.4 Å². The fraction of sp³-hybridized carbons (Fsp3) is 0.476. The van der Waals surface area contributed by atoms with E-state index in [1.165, 1.54) is 0 Å². The standard InChI is InChI=1S/C21H28N2O3/c1-15-14-26-16(2)11-23(15)13-21(24)22(3)12-17-5-6-19-10-20(25-4)8-7-18(19)9-17/h5-10,15-16H,11-14H2,1-4H3. The zero-order valence-electron chi connectivity index (χ0n) is 16.1. The summed E-state index contributed by atoms with van der Waals surface area (Å²) in [5.74, 6) is 0.993. The second-order valence-corrected chi connectivity index (χ2v) is 7.22. The summed E-state index contributed by atoms with van der Waals surface area (Å²) >= 11 is 0. The molecule has 0 spiro atoms. The summed E-state index contributed by atoms with van der Waals surface area (Å²) in [6.45, 7) is 6.70. The minimum atomic E-state index is 0.140. The van der Waals surface area contributed by atoms with E-state index in [1.54, 1.807) is 12.0 Å². The molecular weight excluding hydrogens is 328 g/mol. The lowest BCUT2D eigenvalue weighted by atomic mass is 10.1. The second kappa shape index (κ2) is 8.06. The lowest BCUT2D eigenvalue weighted by Gasteiger charge is -2.37. The molecule has 2 aromatic rings. The van der Waals surface area contributed by atoms with E-state index < -0.39 is 0 Å². The van der Waals surface area contributed by atoms with Crippen LogP contribution in [0.2, 0.25) is 0 Å². The Labute approximate surface area is 155 Å². The number of methoxy groups -OCH3 is 1. The largest absolute Gasteiger partial charge is 0.497 e. The Morgan fingerprint density at radius 2 is 1.96 bits per heavy atom. The van der Waals surface area contributed by atoms with Gasteiger partial charge >= 0.3 is 0 Å². The van der Waals surface area contributed by atoms with Crippen LogP contribution < -0.4 is 4.74 Å². The molecule has 0 aliphatic carbocycles. The summed E-state index contributed by atoms with van der Waals surface area (Å²) in [6, 6.07) is 12.6. The molecule has 0 aromatic heterocycles. The number of carbonyl (C=O) groups is 1. The molecule has 5 heteroatoms. The number of fused-ring (bicyclic) bond motifs is 1. The molecule has 1 amide bonds. The van der Waals surface area contributed by atoms with Crippen LogP contribution in [0.5, 0.6) is 5.75 Å². The van der Waals surface area contributed by atoms with E-state index >= 15 is 0 Å². The zero-order valence-corrected chi connectivity index (χ0v) is 16.1. The second-order valence-electron chi connectivity index (χ2n) is 7.22. The lowest BCUT2D eigenvalue weighted by molar-refractivity contribution is -0.135. The molecular formula is C21H28N2O3. The third-order valence-electron chi connectivity index (χ3n) is 5.03. The van der Waals surface area contributed by atoms with Gasteiger partial charge in [-0.3, -0.25) is 9.69 Å². The van der Waals surface area contributed by atoms with Gasteiger partial charge in [-0.15, -0.1) is 0 Å². The Morgan fingerprint density at radius 1 is 1.23 bits per heavy atom. The third kappa shape index (κ3) is 4.34. The first-order valence-electron chi connectivity index (χ1n) is 9.12. The molecule has 1 saturated heterocycles. The topological polar surface area (TPSA) is 42.0 Å². The maximum absolute atomic E-state index is 12.6. The van der Waals surface area contributed by atoms with Crippen molar-refractivity contribution in [2.75, 3.05) is 33.9 Å². The van der Waals surface area contributed by atoms with E-state index in [2.05, 4.69) is 43.0 Å². The number of amides is 1. The number of rotatable bonds is 5. The summed E-state index contributed by atoms with van der Waals surface area (Å²) in [4.78, 5) is 16.7. The average molecular weight is 356 g/mol. The summed E-state index contributed by atoms with van der Waals surface area (Å²) in [5, 5.41) is 2.29. The molecule has 0 bridgehead atoms. The fourth-order valence-corrected chi connectivity index (χ4v) is 3.35. The molecule has 5 nitrogen and oxygen atoms in total. The van der Waals surface area contributed by atoms with E-state index in [9.17, 15) is 4.79 Å². The molecule has 1 heterocycles. The van der Waals surface area contributed by atoms with Crippen LogP contribution in [0.15, 0.2) is 36.4 Å². The van der Waals surface area contributed by atoms with Gasteiger partial charge in [-0.2, -0.15) is 0 Å². The first kappa shape index (κ1) is 18.7. The maximum Gasteiger partial charge on any atom is 0.236 e. The Balaban J connectivity index is 1.64. The predicted molar refractivity (Wildman–Crippen MR) is 103 cm³/mol. The summed E-state index contributed by atoms with van der Waals surface area (Å²) < 4.78 is 10.9. The van der Waals surface area contributed by atoms with Crippen LogP contribution in [0.4, 0.5) is 0 Å². The van der Waals surface area contributed by atoms with Crippen molar-refractivity contribution >= 4 is 16.7 Å². The molecule has 0 radical (unpaired) electrons. The first-order chi connectivity index (χ1) is 12.5. The van der Waals surface area contributed by atoms with Gasteiger partial charge in [0, 0.05) is 26.2 Å². The van der Waals surface area contributed by atoms with Gasteiger partial charge in [0.1, 0.15) is 5.75 Å². The molecule has 2 aromatic carbocycles. The van der Waals surface area contributed by atoms with Crippen LogP contribution in [0, 0.1) is 0 Å². The van der Waals surface area contributed by atoms with Crippen molar-refractivity contribution in [3.8, 4) is 5.75 Å². The highest BCUT2D eigenvalue weighted by Gasteiger charge is 2.26. The summed E-state index contributed by atoms with van der Waals surface area (Å²) in [6.07, 6.45) is 0.182. The van der Waals surface area contributed by atoms with Crippen molar-refractivity contribution in [2.45, 2.75) is 32.5 Å². The van der Waals surface area contributed by atoms with Crippen LogP contribution in [0.3, 0.4) is 0 Å². The van der Waals surface area contributed by atoms with Crippen LogP contribution in [0.25, 0.3) is 10.8 Å². The Bertz CT molecular complexity index is 777. The van der Waals surface area contributed by atoms with E-state index in [1.807, 2.05) is 19.2 Å². The van der Waals surface area contributed by atoms with Gasteiger partial charge < -0.3 is 14.4 Å². The van der Waals surface area contributed by atoms with Crippen molar-refractivity contribution in [3.63, 3.8) is 0 Å². The molecule has 0 N–H and O–H groups in total. The predicted octanol–water partition coefficient (Wildman–Crippen LogP) is 2.92. The smallest absolute Gasteiger partial charge is 0.236 e. The number of benzene rings is 2. The van der Waals surface area contributed by atoms with Crippen molar-refractivity contribution in [1.82, 2.24) is 9.80 Å². The summed E-state index contributed by atoms with van der Waals surface area (Å²) in [7, 11) is 3.54. The van der Waals surface area contributed by atoms with Crippen LogP contribution >= 0.6 is 0 Å². The van der Waals surface area contributed by atoms with Crippen molar-refractivity contribution < 1.29 is 14.3 Å². The minimum absolute atomic E-state index is 0.140. The highest BCUT2D eigenvalue weighted by molar-refractivity contribution is 5.84. The lowest BCUT2D eigenvalue weighted by Crippen LogP contribution is -2.51. The SMILES string of the molecule is COc1ccc2cc(CN(C)C(=O)CN3CC(C)OCC3C)ccc2c1. The van der Waals surface area contributed by atoms with Crippen LogP contribution in [-0.2, 0) is 16.1 Å². The molecule has 1 aliphatic heterocycles. The number of nitrogens with zero attached hydrogens (tertiary/aromatic N) is 2. The normalized spacial score (nSPS) is 20.9. The Hall–Kier alpha value is -2.11. The van der Waals surface area contributed by atoms with Crippen molar-refractivity contribution in [3.05, 3.63) is 42.0 Å². The van der Waals surface area contributed by atoms with Gasteiger partial charge in [0.25, 0.3) is 0 Å². The molecule has 26 heavy (non-hydrogen) atoms. The number of morpholine rings is 1. The van der Waals surface area contributed by atoms with Gasteiger partial charge in [0.05, 0.1) is 26.4 Å². The molecule has 1 fully saturated rings. The number of hydrogen-bond acceptors (Lipinski definition) is 4. The quantitative estimate of drug-likeness (QED) is 0.826. The molecule has 2 atom stereocenters. The molecule has 0 saturated carbocycles. The fourth-order valence-electron chi connectivity index (χ4n) is 3.35. The van der Waals surface area contributed by atoms with Gasteiger partial charge in [0.2, 0.25) is 5.91 Å². The van der Waals surface area contributed by atoms with Crippen LogP contribution in [0.1, 0.15) is 19.4 Å². The Morgan fingerprint density at radius 3 is 2.73 bits per heavy atom. The first-order valence-corrected chi connectivity index (χ1v) is 9.12. The number of likely N-dealkylation sites (N-methyl/N-ethyl adjacent to an activating group) is 1. The van der Waals surface area contributed by atoms with Gasteiger partial charge in [-0.1, -0.05) is 18.2 Å². The number of hydrogen-bond donors (Lipinski definition) is 0. The van der Waals surface area contributed by atoms with Gasteiger partial charge in [0.15, 0.2) is 0 Å². The molecule has 3 rings (SSSR count).